The van der Waals surface area contributed by atoms with E-state index in [1.54, 1.807) is 6.92 Å². The van der Waals surface area contributed by atoms with E-state index in [-0.39, 0.29) is 18.9 Å². The molecule has 0 unspecified atom stereocenters. The molecule has 1 N–H and O–H groups in total. The number of carboxylic acid groups (broad SMARTS) is 1. The van der Waals surface area contributed by atoms with Crippen LogP contribution in [-0.2, 0) is 10.9 Å². The fraction of sp³-hybridized carbons (Fsp3) is 0.364. The Morgan fingerprint density at radius 3 is 2.37 bits per heavy atom. The zero-order chi connectivity index (χ0) is 26.0. The molecule has 35 heavy (non-hydrogen) atoms. The molecule has 2 atom stereocenters. The fourth-order valence-corrected chi connectivity index (χ4v) is 3.58. The van der Waals surface area contributed by atoms with Crippen LogP contribution in [0, 0.1) is 11.3 Å². The van der Waals surface area contributed by atoms with Gasteiger partial charge in [0.1, 0.15) is 18.5 Å². The molecular weight excluding hydrogens is 484 g/mol. The van der Waals surface area contributed by atoms with Crippen molar-refractivity contribution in [3.8, 4) is 11.8 Å². The Morgan fingerprint density at radius 1 is 1.20 bits per heavy atom. The van der Waals surface area contributed by atoms with Crippen LogP contribution in [0.2, 0.25) is 0 Å². The minimum atomic E-state index is -4.93. The maximum Gasteiger partial charge on any atom is 0.433 e. The molecule has 0 aromatic heterocycles. The molecule has 188 valence electrons. The number of rotatable bonds is 6. The monoisotopic (exact) mass is 503 g/mol. The van der Waals surface area contributed by atoms with Crippen molar-refractivity contribution in [1.82, 2.24) is 0 Å². The molecule has 2 aromatic rings. The van der Waals surface area contributed by atoms with Gasteiger partial charge in [-0.05, 0) is 49.4 Å². The smallest absolute Gasteiger partial charge is 0.433 e. The van der Waals surface area contributed by atoms with E-state index in [1.165, 1.54) is 30.3 Å². The van der Waals surface area contributed by atoms with Crippen LogP contribution in [0.15, 0.2) is 42.5 Å². The summed E-state index contributed by atoms with van der Waals surface area (Å²) in [4.78, 5) is 12.9. The summed E-state index contributed by atoms with van der Waals surface area (Å²) in [6.45, 7) is 1.07. The summed E-state index contributed by atoms with van der Waals surface area (Å²) < 4.78 is 91.2. The predicted octanol–water partition coefficient (Wildman–Crippen LogP) is 5.25. The molecule has 0 radical (unpaired) electrons. The lowest BCUT2D eigenvalue weighted by Crippen LogP contribution is -2.42. The Labute approximate surface area is 195 Å². The molecule has 0 bridgehead atoms. The summed E-state index contributed by atoms with van der Waals surface area (Å²) in [5, 5.41) is 18.1. The van der Waals surface area contributed by atoms with Crippen molar-refractivity contribution >= 4 is 17.5 Å². The Kier molecular flexibility index (Phi) is 7.35. The number of alkyl halides is 6. The third-order valence-corrected chi connectivity index (χ3v) is 5.18. The highest BCUT2D eigenvalue weighted by molar-refractivity contribution is 5.85. The number of amides is 1. The first-order valence-electron chi connectivity index (χ1n) is 10.2. The third-order valence-electron chi connectivity index (χ3n) is 5.18. The first kappa shape index (κ1) is 26.0. The second-order valence-electron chi connectivity index (χ2n) is 7.48. The van der Waals surface area contributed by atoms with Crippen molar-refractivity contribution < 1.29 is 45.7 Å². The van der Waals surface area contributed by atoms with Crippen LogP contribution < -0.4 is 14.5 Å². The summed E-state index contributed by atoms with van der Waals surface area (Å²) in [6.07, 6.45) is -14.7. The van der Waals surface area contributed by atoms with E-state index < -0.39 is 54.1 Å². The van der Waals surface area contributed by atoms with E-state index in [0.717, 1.165) is 17.0 Å². The van der Waals surface area contributed by atoms with Gasteiger partial charge in [-0.15, -0.1) is 0 Å². The SMILES string of the molecule is CCN(C(=O)O)c1ccc(OC[C@@H]2CN(c3ccc(C#N)c(C(F)(F)F)c3)[C@@H](C(F)(F)F)O2)cc1. The number of benzene rings is 2. The zero-order valence-corrected chi connectivity index (χ0v) is 18.1. The van der Waals surface area contributed by atoms with Crippen LogP contribution >= 0.6 is 0 Å². The molecule has 1 aliphatic heterocycles. The number of anilines is 2. The third kappa shape index (κ3) is 5.89. The van der Waals surface area contributed by atoms with Gasteiger partial charge in [0.2, 0.25) is 6.23 Å². The maximum atomic E-state index is 13.6. The van der Waals surface area contributed by atoms with Crippen LogP contribution in [0.3, 0.4) is 0 Å². The highest BCUT2D eigenvalue weighted by Gasteiger charge is 2.51. The van der Waals surface area contributed by atoms with E-state index in [9.17, 15) is 31.1 Å². The van der Waals surface area contributed by atoms with E-state index in [0.29, 0.717) is 16.7 Å². The molecule has 7 nitrogen and oxygen atoms in total. The molecule has 2 aromatic carbocycles. The Morgan fingerprint density at radius 2 is 1.86 bits per heavy atom. The lowest BCUT2D eigenvalue weighted by Gasteiger charge is -2.27. The number of nitrogens with zero attached hydrogens (tertiary/aromatic N) is 3. The van der Waals surface area contributed by atoms with Crippen LogP contribution in [0.25, 0.3) is 0 Å². The van der Waals surface area contributed by atoms with Gasteiger partial charge < -0.3 is 19.5 Å². The second-order valence-corrected chi connectivity index (χ2v) is 7.48. The van der Waals surface area contributed by atoms with Gasteiger partial charge in [0.25, 0.3) is 0 Å². The maximum absolute atomic E-state index is 13.6. The summed E-state index contributed by atoms with van der Waals surface area (Å²) in [6, 6.07) is 9.48. The van der Waals surface area contributed by atoms with Crippen molar-refractivity contribution in [2.24, 2.45) is 0 Å². The zero-order valence-electron chi connectivity index (χ0n) is 18.1. The first-order chi connectivity index (χ1) is 16.3. The minimum absolute atomic E-state index is 0.200. The molecule has 13 heteroatoms. The van der Waals surface area contributed by atoms with Gasteiger partial charge in [0, 0.05) is 17.9 Å². The molecule has 1 saturated heterocycles. The quantitative estimate of drug-likeness (QED) is 0.542. The number of nitriles is 1. The lowest BCUT2D eigenvalue weighted by molar-refractivity contribution is -0.215. The van der Waals surface area contributed by atoms with Gasteiger partial charge in [-0.3, -0.25) is 4.90 Å². The Bertz CT molecular complexity index is 1100. The van der Waals surface area contributed by atoms with E-state index >= 15 is 0 Å². The molecule has 0 saturated carbocycles. The Hall–Kier alpha value is -3.66. The summed E-state index contributed by atoms with van der Waals surface area (Å²) in [5.74, 6) is 0.235. The number of carbonyl (C=O) groups is 1. The molecule has 1 amide bonds. The average molecular weight is 503 g/mol. The molecule has 3 rings (SSSR count). The van der Waals surface area contributed by atoms with Gasteiger partial charge in [-0.1, -0.05) is 0 Å². The summed E-state index contributed by atoms with van der Waals surface area (Å²) >= 11 is 0. The largest absolute Gasteiger partial charge is 0.491 e. The predicted molar refractivity (Wildman–Crippen MR) is 111 cm³/mol. The van der Waals surface area contributed by atoms with Crippen molar-refractivity contribution in [3.05, 3.63) is 53.6 Å². The van der Waals surface area contributed by atoms with Crippen molar-refractivity contribution in [2.75, 3.05) is 29.5 Å². The normalized spacial score (nSPS) is 18.3. The molecule has 1 fully saturated rings. The van der Waals surface area contributed by atoms with Crippen molar-refractivity contribution in [1.29, 1.82) is 5.26 Å². The fourth-order valence-electron chi connectivity index (χ4n) is 3.58. The molecule has 0 spiro atoms. The van der Waals surface area contributed by atoms with Gasteiger partial charge in [-0.25, -0.2) is 4.79 Å². The van der Waals surface area contributed by atoms with Crippen molar-refractivity contribution in [3.63, 3.8) is 0 Å². The number of hydrogen-bond donors (Lipinski definition) is 1. The number of ether oxygens (including phenoxy) is 2. The highest BCUT2D eigenvalue weighted by Crippen LogP contribution is 2.39. The Balaban J connectivity index is 1.77. The first-order valence-corrected chi connectivity index (χ1v) is 10.2. The average Bonchev–Trinajstić information content (AvgIpc) is 3.23. The van der Waals surface area contributed by atoms with E-state index in [1.807, 2.05) is 0 Å². The molecule has 1 aliphatic rings. The van der Waals surface area contributed by atoms with Crippen LogP contribution in [0.5, 0.6) is 5.75 Å². The molecule has 1 heterocycles. The van der Waals surface area contributed by atoms with E-state index in [4.69, 9.17) is 19.8 Å². The topological polar surface area (TPSA) is 86.0 Å². The standard InChI is InChI=1S/C22H19F6N3O4/c1-2-30(20(32)33)14-5-7-16(8-6-14)34-12-17-11-31(19(35-17)22(26,27)28)15-4-3-13(10-29)18(9-15)21(23,24)25/h3-9,17,19H,2,11-12H2,1H3,(H,32,33)/t17-,19+/m0/s1. The summed E-state index contributed by atoms with van der Waals surface area (Å²) in [7, 11) is 0. The number of halogens is 6. The summed E-state index contributed by atoms with van der Waals surface area (Å²) in [5.41, 5.74) is -2.09. The minimum Gasteiger partial charge on any atom is -0.491 e. The van der Waals surface area contributed by atoms with Gasteiger partial charge in [0.15, 0.2) is 0 Å². The van der Waals surface area contributed by atoms with Gasteiger partial charge in [0.05, 0.1) is 23.7 Å². The van der Waals surface area contributed by atoms with Crippen LogP contribution in [0.1, 0.15) is 18.1 Å². The lowest BCUT2D eigenvalue weighted by atomic mass is 10.1. The van der Waals surface area contributed by atoms with Gasteiger partial charge in [-0.2, -0.15) is 31.6 Å². The van der Waals surface area contributed by atoms with E-state index in [2.05, 4.69) is 0 Å². The van der Waals surface area contributed by atoms with Gasteiger partial charge >= 0.3 is 18.4 Å². The van der Waals surface area contributed by atoms with Crippen LogP contribution in [-0.4, -0.2) is 49.4 Å². The second kappa shape index (κ2) is 9.91. The van der Waals surface area contributed by atoms with Crippen molar-refractivity contribution in [2.45, 2.75) is 31.6 Å². The molecule has 0 aliphatic carbocycles. The van der Waals surface area contributed by atoms with Crippen LogP contribution in [0.4, 0.5) is 42.5 Å². The number of hydrogen-bond acceptors (Lipinski definition) is 5. The highest BCUT2D eigenvalue weighted by atomic mass is 19.4. The molecular formula is C22H19F6N3O4.